The number of hydrogen-bond donors (Lipinski definition) is 2. The van der Waals surface area contributed by atoms with Crippen molar-refractivity contribution >= 4 is 46.4 Å². The molecule has 5 heterocycles. The fourth-order valence-corrected chi connectivity index (χ4v) is 3.87. The van der Waals surface area contributed by atoms with Crippen LogP contribution < -0.4 is 0 Å². The van der Waals surface area contributed by atoms with Gasteiger partial charge in [-0.15, -0.1) is 0 Å². The van der Waals surface area contributed by atoms with Crippen molar-refractivity contribution in [2.75, 3.05) is 0 Å². The molecule has 8 bridgehead atoms. The predicted octanol–water partition coefficient (Wildman–Crippen LogP) is 6.32. The number of hydrogen-bond acceptors (Lipinski definition) is 2. The maximum Gasteiger partial charge on any atom is 0.0658 e. The van der Waals surface area contributed by atoms with Crippen LogP contribution in [0.15, 0.2) is 72.8 Å². The first-order valence-corrected chi connectivity index (χ1v) is 9.92. The Morgan fingerprint density at radius 3 is 1.68 bits per heavy atom. The first kappa shape index (κ1) is 19.3. The number of nitrogens with one attached hydrogen (secondary N) is 2. The molecule has 0 amide bonds. The second-order valence-corrected chi connectivity index (χ2v) is 7.45. The fourth-order valence-electron chi connectivity index (χ4n) is 3.87. The first-order valence-electron chi connectivity index (χ1n) is 9.92. The van der Waals surface area contributed by atoms with Gasteiger partial charge in [0.15, 0.2) is 0 Å². The predicted molar refractivity (Wildman–Crippen MR) is 124 cm³/mol. The maximum atomic E-state index is 4.77. The van der Waals surface area contributed by atoms with Gasteiger partial charge in [-0.05, 0) is 72.3 Å². The molecule has 31 heavy (non-hydrogen) atoms. The van der Waals surface area contributed by atoms with Crippen LogP contribution in [-0.2, 0) is 17.1 Å². The second kappa shape index (κ2) is 7.88. The minimum atomic E-state index is 0. The molecule has 6 rings (SSSR count). The third-order valence-corrected chi connectivity index (χ3v) is 5.25. The van der Waals surface area contributed by atoms with Crippen LogP contribution in [0.5, 0.6) is 0 Å². The normalized spacial score (nSPS) is 12.0. The molecule has 0 aliphatic carbocycles. The van der Waals surface area contributed by atoms with E-state index in [1.165, 1.54) is 5.56 Å². The van der Waals surface area contributed by atoms with Gasteiger partial charge in [-0.3, -0.25) is 0 Å². The van der Waals surface area contributed by atoms with E-state index in [4.69, 9.17) is 9.97 Å². The molecular weight excluding hydrogens is 423 g/mol. The maximum absolute atomic E-state index is 4.77. The number of H-pyrrole nitrogens is 2. The minimum Gasteiger partial charge on any atom is -0.355 e. The number of nitrogens with zero attached hydrogens (tertiary/aromatic N) is 2. The Kier molecular flexibility index (Phi) is 4.91. The summed E-state index contributed by atoms with van der Waals surface area (Å²) in [5.41, 5.74) is 10.1. The summed E-state index contributed by atoms with van der Waals surface area (Å²) in [6.45, 7) is 0. The van der Waals surface area contributed by atoms with Crippen LogP contribution in [0.25, 0.3) is 57.5 Å². The van der Waals surface area contributed by atoms with E-state index in [9.17, 15) is 0 Å². The van der Waals surface area contributed by atoms with Gasteiger partial charge in [-0.1, -0.05) is 30.3 Å². The van der Waals surface area contributed by atoms with Crippen molar-refractivity contribution in [1.29, 1.82) is 0 Å². The van der Waals surface area contributed by atoms with Crippen molar-refractivity contribution in [3.63, 3.8) is 0 Å². The SMILES string of the molecule is C1=Cc2cc3cc(-c4ccccc4)c(cc4nc(cc5ccc(cc1n2)[nH]5)C=C4)[nH]3.[Mn]. The Bertz CT molecular complexity index is 1490. The van der Waals surface area contributed by atoms with Gasteiger partial charge >= 0.3 is 0 Å². The van der Waals surface area contributed by atoms with Gasteiger partial charge in [0.05, 0.1) is 22.8 Å². The molecule has 4 nitrogen and oxygen atoms in total. The summed E-state index contributed by atoms with van der Waals surface area (Å²) in [7, 11) is 0. The van der Waals surface area contributed by atoms with Crippen LogP contribution in [0.3, 0.4) is 0 Å². The zero-order valence-corrected chi connectivity index (χ0v) is 17.7. The van der Waals surface area contributed by atoms with Gasteiger partial charge in [0.1, 0.15) is 0 Å². The number of benzene rings is 1. The number of aromatic nitrogens is 4. The molecular formula is C26H18MnN4. The van der Waals surface area contributed by atoms with Gasteiger partial charge in [0, 0.05) is 44.7 Å². The average Bonchev–Trinajstić information content (AvgIpc) is 3.53. The zero-order valence-electron chi connectivity index (χ0n) is 16.5. The molecule has 0 fully saturated rings. The van der Waals surface area contributed by atoms with E-state index >= 15 is 0 Å². The molecule has 0 spiro atoms. The molecule has 1 aromatic carbocycles. The zero-order chi connectivity index (χ0) is 19.9. The van der Waals surface area contributed by atoms with Crippen LogP contribution in [0.2, 0.25) is 0 Å². The third-order valence-electron chi connectivity index (χ3n) is 5.25. The molecule has 0 atom stereocenters. The average molecular weight is 441 g/mol. The summed E-state index contributed by atoms with van der Waals surface area (Å²) in [4.78, 5) is 16.5. The van der Waals surface area contributed by atoms with Crippen molar-refractivity contribution in [1.82, 2.24) is 19.9 Å². The van der Waals surface area contributed by atoms with Gasteiger partial charge in [-0.2, -0.15) is 0 Å². The molecule has 2 aliphatic rings. The summed E-state index contributed by atoms with van der Waals surface area (Å²) < 4.78 is 0. The van der Waals surface area contributed by atoms with Gasteiger partial charge < -0.3 is 9.97 Å². The van der Waals surface area contributed by atoms with E-state index in [1.807, 2.05) is 36.4 Å². The molecule has 0 saturated heterocycles. The van der Waals surface area contributed by atoms with Crippen LogP contribution >= 0.6 is 0 Å². The van der Waals surface area contributed by atoms with E-state index in [0.717, 1.165) is 50.4 Å². The van der Waals surface area contributed by atoms with Gasteiger partial charge in [-0.25, -0.2) is 9.97 Å². The Morgan fingerprint density at radius 2 is 1.06 bits per heavy atom. The Hall–Kier alpha value is -3.66. The van der Waals surface area contributed by atoms with Crippen molar-refractivity contribution in [3.05, 3.63) is 95.6 Å². The third kappa shape index (κ3) is 3.89. The molecule has 0 unspecified atom stereocenters. The molecule has 4 aromatic rings. The molecule has 2 aliphatic heterocycles. The smallest absolute Gasteiger partial charge is 0.0658 e. The largest absolute Gasteiger partial charge is 0.355 e. The number of aromatic amines is 2. The Labute approximate surface area is 189 Å². The minimum absolute atomic E-state index is 0. The summed E-state index contributed by atoms with van der Waals surface area (Å²) in [6, 6.07) is 25.0. The topological polar surface area (TPSA) is 57.4 Å². The standard InChI is InChI=1S/C26H18N4.Mn/c1-2-4-17(5-3-1)25-15-24-14-22-9-8-20(28-22)12-18-6-7-19(27-18)13-21-10-11-23(29-21)16-26(25)30-24;/h1-16,27,30H;. The van der Waals surface area contributed by atoms with Crippen molar-refractivity contribution < 1.29 is 17.1 Å². The van der Waals surface area contributed by atoms with E-state index in [0.29, 0.717) is 0 Å². The van der Waals surface area contributed by atoms with E-state index in [1.54, 1.807) is 0 Å². The Balaban J connectivity index is 0.00000204. The van der Waals surface area contributed by atoms with Crippen molar-refractivity contribution in [2.45, 2.75) is 0 Å². The molecule has 2 N–H and O–H groups in total. The quantitative estimate of drug-likeness (QED) is 0.294. The summed E-state index contributed by atoms with van der Waals surface area (Å²) in [6.07, 6.45) is 8.16. The van der Waals surface area contributed by atoms with E-state index < -0.39 is 0 Å². The van der Waals surface area contributed by atoms with Crippen molar-refractivity contribution in [2.24, 2.45) is 0 Å². The molecule has 0 saturated carbocycles. The van der Waals surface area contributed by atoms with Gasteiger partial charge in [0.25, 0.3) is 0 Å². The van der Waals surface area contributed by atoms with Crippen molar-refractivity contribution in [3.8, 4) is 11.1 Å². The first-order chi connectivity index (χ1) is 14.8. The molecule has 3 aromatic heterocycles. The van der Waals surface area contributed by atoms with Crippen LogP contribution in [0, 0.1) is 0 Å². The van der Waals surface area contributed by atoms with Gasteiger partial charge in [0.2, 0.25) is 0 Å². The molecule has 5 heteroatoms. The van der Waals surface area contributed by atoms with Crippen LogP contribution in [0.4, 0.5) is 0 Å². The van der Waals surface area contributed by atoms with E-state index in [-0.39, 0.29) is 17.1 Å². The summed E-state index contributed by atoms with van der Waals surface area (Å²) in [5.74, 6) is 0. The summed E-state index contributed by atoms with van der Waals surface area (Å²) >= 11 is 0. The fraction of sp³-hybridized carbons (Fsp3) is 0. The second-order valence-electron chi connectivity index (χ2n) is 7.45. The monoisotopic (exact) mass is 441 g/mol. The number of rotatable bonds is 1. The number of fused-ring (bicyclic) bond motifs is 8. The van der Waals surface area contributed by atoms with E-state index in [2.05, 4.69) is 70.6 Å². The van der Waals surface area contributed by atoms with Crippen LogP contribution in [0.1, 0.15) is 22.8 Å². The molecule has 1 radical (unpaired) electrons. The van der Waals surface area contributed by atoms with Crippen LogP contribution in [-0.4, -0.2) is 19.9 Å². The molecule has 149 valence electrons. The summed E-state index contributed by atoms with van der Waals surface area (Å²) in [5, 5.41) is 0. The Morgan fingerprint density at radius 1 is 0.516 bits per heavy atom.